The van der Waals surface area contributed by atoms with Gasteiger partial charge in [0.2, 0.25) is 0 Å². The Morgan fingerprint density at radius 2 is 2.24 bits per heavy atom. The minimum atomic E-state index is 0. The second kappa shape index (κ2) is 11.7. The molecule has 7 nitrogen and oxygen atoms in total. The van der Waals surface area contributed by atoms with Gasteiger partial charge in [-0.1, -0.05) is 13.8 Å². The molecule has 2 N–H and O–H groups in total. The van der Waals surface area contributed by atoms with Gasteiger partial charge < -0.3 is 15.4 Å². The van der Waals surface area contributed by atoms with Crippen molar-refractivity contribution in [2.45, 2.75) is 26.4 Å². The number of halogens is 1. The van der Waals surface area contributed by atoms with Gasteiger partial charge in [-0.15, -0.1) is 24.0 Å². The highest BCUT2D eigenvalue weighted by Gasteiger charge is 2.20. The maximum absolute atomic E-state index is 5.86. The fourth-order valence-electron chi connectivity index (χ4n) is 2.94. The summed E-state index contributed by atoms with van der Waals surface area (Å²) in [5.41, 5.74) is 1.22. The van der Waals surface area contributed by atoms with Crippen LogP contribution in [0.1, 0.15) is 19.4 Å². The van der Waals surface area contributed by atoms with Crippen molar-refractivity contribution in [1.29, 1.82) is 0 Å². The summed E-state index contributed by atoms with van der Waals surface area (Å²) >= 11 is 0. The molecule has 1 atom stereocenters. The molecule has 0 aliphatic carbocycles. The Balaban J connectivity index is 0.00000312. The molecule has 0 bridgehead atoms. The van der Waals surface area contributed by atoms with Crippen LogP contribution in [0.4, 0.5) is 0 Å². The molecule has 0 spiro atoms. The highest BCUT2D eigenvalue weighted by atomic mass is 127. The van der Waals surface area contributed by atoms with Crippen molar-refractivity contribution in [2.75, 3.05) is 46.4 Å². The van der Waals surface area contributed by atoms with Crippen LogP contribution >= 0.6 is 24.0 Å². The van der Waals surface area contributed by atoms with Gasteiger partial charge in [-0.25, -0.2) is 0 Å². The van der Waals surface area contributed by atoms with Gasteiger partial charge in [0.15, 0.2) is 5.96 Å². The Kier molecular flexibility index (Phi) is 10.4. The zero-order chi connectivity index (χ0) is 17.4. The number of ether oxygens (including phenoxy) is 1. The van der Waals surface area contributed by atoms with Crippen molar-refractivity contribution >= 4 is 29.9 Å². The fourth-order valence-corrected chi connectivity index (χ4v) is 2.94. The van der Waals surface area contributed by atoms with E-state index in [0.29, 0.717) is 5.92 Å². The molecule has 8 heteroatoms. The smallest absolute Gasteiger partial charge is 0.191 e. The molecular weight excluding hydrogens is 431 g/mol. The standard InChI is InChI=1S/C17H32N6O.HI/c1-14(2)11-23-7-8-24-16(13-23)10-20-17(18-3)19-6-5-15-9-21-22(4)12-15;/h9,12,14,16H,5-8,10-11,13H2,1-4H3,(H2,18,19,20);1H. The van der Waals surface area contributed by atoms with Gasteiger partial charge in [0, 0.05) is 53.0 Å². The van der Waals surface area contributed by atoms with Crippen LogP contribution in [-0.2, 0) is 18.2 Å². The summed E-state index contributed by atoms with van der Waals surface area (Å²) in [5.74, 6) is 1.52. The third-order valence-corrected chi connectivity index (χ3v) is 4.03. The lowest BCUT2D eigenvalue weighted by atomic mass is 10.2. The molecule has 0 aromatic carbocycles. The molecule has 1 saturated heterocycles. The number of nitrogens with one attached hydrogen (secondary N) is 2. The number of aryl methyl sites for hydroxylation is 1. The summed E-state index contributed by atoms with van der Waals surface area (Å²) in [6, 6.07) is 0. The summed E-state index contributed by atoms with van der Waals surface area (Å²) in [6.45, 7) is 10.1. The third-order valence-electron chi connectivity index (χ3n) is 4.03. The number of guanidine groups is 1. The Morgan fingerprint density at radius 3 is 2.88 bits per heavy atom. The van der Waals surface area contributed by atoms with Crippen LogP contribution in [0.2, 0.25) is 0 Å². The van der Waals surface area contributed by atoms with Gasteiger partial charge in [-0.05, 0) is 17.9 Å². The van der Waals surface area contributed by atoms with Gasteiger partial charge >= 0.3 is 0 Å². The number of aliphatic imine (C=N–C) groups is 1. The second-order valence-electron chi connectivity index (χ2n) is 6.80. The van der Waals surface area contributed by atoms with Crippen LogP contribution in [0.5, 0.6) is 0 Å². The molecule has 1 unspecified atom stereocenters. The molecular formula is C17H33IN6O. The average molecular weight is 464 g/mol. The molecule has 1 aromatic heterocycles. The SMILES string of the molecule is CN=C(NCCc1cnn(C)c1)NCC1CN(CC(C)C)CCO1.I. The summed E-state index contributed by atoms with van der Waals surface area (Å²) in [5, 5.41) is 10.9. The van der Waals surface area contributed by atoms with Crippen LogP contribution in [0.3, 0.4) is 0 Å². The number of hydrogen-bond acceptors (Lipinski definition) is 4. The quantitative estimate of drug-likeness (QED) is 0.360. The molecule has 2 rings (SSSR count). The van der Waals surface area contributed by atoms with E-state index in [1.54, 1.807) is 7.05 Å². The number of morpholine rings is 1. The van der Waals surface area contributed by atoms with Crippen LogP contribution < -0.4 is 10.6 Å². The third kappa shape index (κ3) is 8.37. The summed E-state index contributed by atoms with van der Waals surface area (Å²) in [7, 11) is 3.73. The van der Waals surface area contributed by atoms with Crippen LogP contribution in [0.25, 0.3) is 0 Å². The van der Waals surface area contributed by atoms with Crippen molar-refractivity contribution in [3.8, 4) is 0 Å². The van der Waals surface area contributed by atoms with Gasteiger partial charge in [0.1, 0.15) is 0 Å². The maximum Gasteiger partial charge on any atom is 0.191 e. The number of rotatable bonds is 7. The molecule has 2 heterocycles. The Bertz CT molecular complexity index is 519. The second-order valence-corrected chi connectivity index (χ2v) is 6.80. The van der Waals surface area contributed by atoms with E-state index in [1.165, 1.54) is 5.56 Å². The first-order valence-electron chi connectivity index (χ1n) is 8.82. The van der Waals surface area contributed by atoms with Crippen molar-refractivity contribution in [1.82, 2.24) is 25.3 Å². The monoisotopic (exact) mass is 464 g/mol. The van der Waals surface area contributed by atoms with Crippen molar-refractivity contribution in [3.05, 3.63) is 18.0 Å². The van der Waals surface area contributed by atoms with Crippen LogP contribution in [0, 0.1) is 5.92 Å². The van der Waals surface area contributed by atoms with E-state index in [1.807, 2.05) is 24.1 Å². The zero-order valence-electron chi connectivity index (χ0n) is 15.9. The van der Waals surface area contributed by atoms with E-state index in [-0.39, 0.29) is 30.1 Å². The molecule has 25 heavy (non-hydrogen) atoms. The predicted molar refractivity (Wildman–Crippen MR) is 113 cm³/mol. The number of aromatic nitrogens is 2. The Hall–Kier alpha value is -0.870. The minimum Gasteiger partial charge on any atom is -0.374 e. The Labute approximate surface area is 168 Å². The lowest BCUT2D eigenvalue weighted by Gasteiger charge is -2.34. The lowest BCUT2D eigenvalue weighted by molar-refractivity contribution is -0.0284. The van der Waals surface area contributed by atoms with E-state index in [9.17, 15) is 0 Å². The Morgan fingerprint density at radius 1 is 1.44 bits per heavy atom. The molecule has 0 saturated carbocycles. The normalized spacial score (nSPS) is 18.9. The van der Waals surface area contributed by atoms with Crippen LogP contribution in [-0.4, -0.2) is 73.1 Å². The fraction of sp³-hybridized carbons (Fsp3) is 0.765. The molecule has 1 fully saturated rings. The summed E-state index contributed by atoms with van der Waals surface area (Å²) < 4.78 is 7.69. The minimum absolute atomic E-state index is 0. The van der Waals surface area contributed by atoms with E-state index in [4.69, 9.17) is 4.74 Å². The van der Waals surface area contributed by atoms with Gasteiger partial charge in [-0.2, -0.15) is 5.10 Å². The highest BCUT2D eigenvalue weighted by Crippen LogP contribution is 2.07. The molecule has 1 aliphatic heterocycles. The average Bonchev–Trinajstić information content (AvgIpc) is 2.96. The first kappa shape index (κ1) is 22.2. The van der Waals surface area contributed by atoms with E-state index < -0.39 is 0 Å². The topological polar surface area (TPSA) is 66.7 Å². The van der Waals surface area contributed by atoms with Crippen LogP contribution in [0.15, 0.2) is 17.4 Å². The first-order valence-corrected chi connectivity index (χ1v) is 8.82. The maximum atomic E-state index is 5.86. The van der Waals surface area contributed by atoms with Gasteiger partial charge in [0.05, 0.1) is 18.9 Å². The summed E-state index contributed by atoms with van der Waals surface area (Å²) in [4.78, 5) is 6.77. The molecule has 1 aliphatic rings. The van der Waals surface area contributed by atoms with Crippen molar-refractivity contribution < 1.29 is 4.74 Å². The van der Waals surface area contributed by atoms with E-state index in [0.717, 1.165) is 51.7 Å². The number of nitrogens with zero attached hydrogens (tertiary/aromatic N) is 4. The van der Waals surface area contributed by atoms with E-state index >= 15 is 0 Å². The number of hydrogen-bond donors (Lipinski definition) is 2. The van der Waals surface area contributed by atoms with Crippen molar-refractivity contribution in [3.63, 3.8) is 0 Å². The predicted octanol–water partition coefficient (Wildman–Crippen LogP) is 1.10. The van der Waals surface area contributed by atoms with Gasteiger partial charge in [0.25, 0.3) is 0 Å². The van der Waals surface area contributed by atoms with Gasteiger partial charge in [-0.3, -0.25) is 14.6 Å². The van der Waals surface area contributed by atoms with Crippen molar-refractivity contribution in [2.24, 2.45) is 18.0 Å². The largest absolute Gasteiger partial charge is 0.374 e. The lowest BCUT2D eigenvalue weighted by Crippen LogP contribution is -2.50. The molecule has 0 amide bonds. The zero-order valence-corrected chi connectivity index (χ0v) is 18.2. The summed E-state index contributed by atoms with van der Waals surface area (Å²) in [6.07, 6.45) is 5.08. The first-order chi connectivity index (χ1) is 11.6. The molecule has 144 valence electrons. The highest BCUT2D eigenvalue weighted by molar-refractivity contribution is 14.0. The molecule has 0 radical (unpaired) electrons. The van der Waals surface area contributed by atoms with E-state index in [2.05, 4.69) is 39.5 Å². The molecule has 1 aromatic rings.